The van der Waals surface area contributed by atoms with Gasteiger partial charge in [-0.1, -0.05) is 72.6 Å². The van der Waals surface area contributed by atoms with Crippen LogP contribution in [0.1, 0.15) is 73.1 Å². The summed E-state index contributed by atoms with van der Waals surface area (Å²) in [4.78, 5) is 36.4. The predicted octanol–water partition coefficient (Wildman–Crippen LogP) is 9.00. The molecule has 68 heavy (non-hydrogen) atoms. The van der Waals surface area contributed by atoms with E-state index in [0.29, 0.717) is 47.8 Å². The molecule has 2 aliphatic carbocycles. The standard InChI is InChI=1S/C54H61FN4O9/c1-2-31-66-54-50(58(36-39-14-19-42(55)20-15-39)51(62)25-18-38-16-21-43(22-17-38)59(63)64)35-48(56-67-37-40-10-4-3-5-11-40)46-33-41(12-6-8-29-60)45(13-7-9-30-61)52(53(46)54)47-34-44(23-24-49(47)68-54)65-32-28-57-26-27-57/h2-5,10-11,14-25,33-34,41,45,50,52-53,60-61H,1,6-9,12-13,26-32,35-37H2. The second kappa shape index (κ2) is 22.7. The third kappa shape index (κ3) is 11.4. The number of non-ortho nitro benzene ring substituents is 1. The summed E-state index contributed by atoms with van der Waals surface area (Å²) >= 11 is 0. The summed E-state index contributed by atoms with van der Waals surface area (Å²) < 4.78 is 35.4. The zero-order chi connectivity index (χ0) is 47.5. The summed E-state index contributed by atoms with van der Waals surface area (Å²) in [5.41, 5.74) is 4.57. The topological polar surface area (TPSA) is 156 Å². The van der Waals surface area contributed by atoms with E-state index in [4.69, 9.17) is 24.2 Å². The summed E-state index contributed by atoms with van der Waals surface area (Å²) in [6, 6.07) is 26.8. The van der Waals surface area contributed by atoms with Gasteiger partial charge in [-0.25, -0.2) is 4.39 Å². The Morgan fingerprint density at radius 1 is 0.971 bits per heavy atom. The first-order valence-electron chi connectivity index (χ1n) is 23.8. The summed E-state index contributed by atoms with van der Waals surface area (Å²) in [6.45, 7) is 7.97. The fraction of sp³-hybridized carbons (Fsp3) is 0.407. The van der Waals surface area contributed by atoms with Crippen LogP contribution in [0.2, 0.25) is 0 Å². The van der Waals surface area contributed by atoms with E-state index in [-0.39, 0.29) is 62.8 Å². The van der Waals surface area contributed by atoms with Gasteiger partial charge in [0.05, 0.1) is 23.2 Å². The van der Waals surface area contributed by atoms with E-state index < -0.39 is 34.4 Å². The number of nitro groups is 1. The van der Waals surface area contributed by atoms with Crippen LogP contribution < -0.4 is 9.47 Å². The Morgan fingerprint density at radius 2 is 1.72 bits per heavy atom. The number of oxime groups is 1. The van der Waals surface area contributed by atoms with Crippen molar-refractivity contribution < 1.29 is 43.4 Å². The number of benzene rings is 4. The minimum Gasteiger partial charge on any atom is -0.492 e. The van der Waals surface area contributed by atoms with Crippen molar-refractivity contribution >= 4 is 23.4 Å². The number of aliphatic hydroxyl groups excluding tert-OH is 2. The monoisotopic (exact) mass is 928 g/mol. The van der Waals surface area contributed by atoms with Gasteiger partial charge in [0, 0.05) is 75.5 Å². The normalized spacial score (nSPS) is 23.2. The molecule has 1 amide bonds. The average Bonchev–Trinajstić information content (AvgIpc) is 4.19. The minimum atomic E-state index is -1.54. The molecule has 2 aliphatic heterocycles. The lowest BCUT2D eigenvalue weighted by molar-refractivity contribution is -0.384. The van der Waals surface area contributed by atoms with Gasteiger partial charge in [-0.05, 0) is 108 Å². The first-order chi connectivity index (χ1) is 33.2. The van der Waals surface area contributed by atoms with E-state index in [0.717, 1.165) is 62.0 Å². The van der Waals surface area contributed by atoms with Crippen LogP contribution in [-0.2, 0) is 27.5 Å². The molecule has 358 valence electrons. The fourth-order valence-electron chi connectivity index (χ4n) is 10.2. The molecule has 4 aliphatic rings. The Bertz CT molecular complexity index is 2440. The number of hydrogen-bond donors (Lipinski definition) is 2. The molecule has 2 heterocycles. The molecule has 4 aromatic rings. The van der Waals surface area contributed by atoms with Gasteiger partial charge in [0.25, 0.3) is 5.69 Å². The van der Waals surface area contributed by atoms with Crippen LogP contribution in [0.3, 0.4) is 0 Å². The van der Waals surface area contributed by atoms with E-state index in [2.05, 4.69) is 23.6 Å². The van der Waals surface area contributed by atoms with Gasteiger partial charge in [0.1, 0.15) is 36.6 Å². The Balaban J connectivity index is 1.31. The second-order valence-electron chi connectivity index (χ2n) is 18.0. The molecule has 1 saturated carbocycles. The largest absolute Gasteiger partial charge is 0.492 e. The first kappa shape index (κ1) is 48.3. The van der Waals surface area contributed by atoms with Gasteiger partial charge < -0.3 is 34.2 Å². The lowest BCUT2D eigenvalue weighted by Crippen LogP contribution is -2.70. The highest BCUT2D eigenvalue weighted by atomic mass is 19.1. The van der Waals surface area contributed by atoms with Crippen molar-refractivity contribution in [2.75, 3.05) is 46.1 Å². The summed E-state index contributed by atoms with van der Waals surface area (Å²) in [7, 11) is 0. The van der Waals surface area contributed by atoms with Crippen LogP contribution in [0.25, 0.3) is 6.08 Å². The van der Waals surface area contributed by atoms with Crippen molar-refractivity contribution in [3.8, 4) is 11.5 Å². The number of allylic oxidation sites excluding steroid dienone is 1. The SMILES string of the molecule is C=CCOC12Oc3ccc(OCCN4CC4)cc3C3C(CCCCO)C(CCCCO)C=C(C(=NOCc4ccccc4)CC1N(Cc1ccc(F)cc1)C(=O)C=Cc1ccc([N+](=O)[O-])cc1)C32. The molecule has 0 radical (unpaired) electrons. The molecule has 14 heteroatoms. The number of hydrogen-bond acceptors (Lipinski definition) is 11. The minimum absolute atomic E-state index is 0.00435. The Morgan fingerprint density at radius 3 is 2.43 bits per heavy atom. The van der Waals surface area contributed by atoms with E-state index in [1.807, 2.05) is 42.5 Å². The highest BCUT2D eigenvalue weighted by Crippen LogP contribution is 2.62. The Hall–Kier alpha value is -6.19. The Kier molecular flexibility index (Phi) is 16.1. The molecule has 6 atom stereocenters. The number of halogens is 1. The van der Waals surface area contributed by atoms with E-state index in [9.17, 15) is 24.7 Å². The number of ether oxygens (including phenoxy) is 3. The van der Waals surface area contributed by atoms with Crippen molar-refractivity contribution in [2.45, 2.75) is 75.8 Å². The van der Waals surface area contributed by atoms with E-state index >= 15 is 4.79 Å². The maximum Gasteiger partial charge on any atom is 0.269 e. The van der Waals surface area contributed by atoms with Gasteiger partial charge in [-0.15, -0.1) is 6.58 Å². The number of nitro benzene ring substituents is 1. The third-order valence-electron chi connectivity index (χ3n) is 13.6. The lowest BCUT2D eigenvalue weighted by atomic mass is 9.55. The highest BCUT2D eigenvalue weighted by molar-refractivity contribution is 6.03. The number of carbonyl (C=O) groups is 1. The van der Waals surface area contributed by atoms with Crippen LogP contribution in [0.4, 0.5) is 10.1 Å². The van der Waals surface area contributed by atoms with E-state index in [1.165, 1.54) is 30.3 Å². The van der Waals surface area contributed by atoms with Gasteiger partial charge in [-0.3, -0.25) is 19.8 Å². The number of carbonyl (C=O) groups excluding carboxylic acids is 1. The van der Waals surface area contributed by atoms with Crippen LogP contribution in [0, 0.1) is 33.7 Å². The van der Waals surface area contributed by atoms with Crippen molar-refractivity contribution in [3.05, 3.63) is 166 Å². The van der Waals surface area contributed by atoms with Gasteiger partial charge in [-0.2, -0.15) is 0 Å². The van der Waals surface area contributed by atoms with Crippen molar-refractivity contribution in [1.29, 1.82) is 0 Å². The van der Waals surface area contributed by atoms with Crippen LogP contribution in [0.15, 0.2) is 133 Å². The summed E-state index contributed by atoms with van der Waals surface area (Å²) in [6.07, 6.45) is 11.6. The molecular formula is C54H61FN4O9. The molecule has 6 unspecified atom stereocenters. The molecule has 8 rings (SSSR count). The maximum atomic E-state index is 15.2. The molecule has 2 N–H and O–H groups in total. The second-order valence-corrected chi connectivity index (χ2v) is 18.0. The van der Waals surface area contributed by atoms with Crippen LogP contribution in [0.5, 0.6) is 11.5 Å². The average molecular weight is 929 g/mol. The molecular weight excluding hydrogens is 868 g/mol. The van der Waals surface area contributed by atoms with Crippen LogP contribution in [-0.4, -0.2) is 94.4 Å². The van der Waals surface area contributed by atoms with E-state index in [1.54, 1.807) is 41.3 Å². The molecule has 2 fully saturated rings. The lowest BCUT2D eigenvalue weighted by Gasteiger charge is -2.60. The zero-order valence-electron chi connectivity index (χ0n) is 38.4. The van der Waals surface area contributed by atoms with Gasteiger partial charge in [0.15, 0.2) is 0 Å². The number of amides is 1. The zero-order valence-corrected chi connectivity index (χ0v) is 38.4. The summed E-state index contributed by atoms with van der Waals surface area (Å²) in [5.74, 6) is -1.85. The predicted molar refractivity (Wildman–Crippen MR) is 257 cm³/mol. The number of aliphatic hydroxyl groups is 2. The molecule has 0 bridgehead atoms. The number of rotatable bonds is 24. The highest BCUT2D eigenvalue weighted by Gasteiger charge is 2.65. The van der Waals surface area contributed by atoms with Crippen LogP contribution >= 0.6 is 0 Å². The van der Waals surface area contributed by atoms with Gasteiger partial charge >= 0.3 is 0 Å². The number of nitrogens with zero attached hydrogens (tertiary/aromatic N) is 4. The fourth-order valence-corrected chi connectivity index (χ4v) is 10.2. The molecule has 4 aromatic carbocycles. The molecule has 0 spiro atoms. The van der Waals surface area contributed by atoms with Crippen molar-refractivity contribution in [3.63, 3.8) is 0 Å². The van der Waals surface area contributed by atoms with Crippen molar-refractivity contribution in [1.82, 2.24) is 9.80 Å². The molecule has 1 saturated heterocycles. The number of fused-ring (bicyclic) bond motifs is 2. The van der Waals surface area contributed by atoms with Crippen molar-refractivity contribution in [2.24, 2.45) is 22.9 Å². The molecule has 0 aromatic heterocycles. The molecule has 13 nitrogen and oxygen atoms in total. The quantitative estimate of drug-likeness (QED) is 0.0174. The van der Waals surface area contributed by atoms with Gasteiger partial charge in [0.2, 0.25) is 11.7 Å². The summed E-state index contributed by atoms with van der Waals surface area (Å²) in [5, 5.41) is 36.4. The third-order valence-corrected chi connectivity index (χ3v) is 13.6. The maximum absolute atomic E-state index is 15.2. The Labute approximate surface area is 397 Å². The number of unbranched alkanes of at least 4 members (excludes halogenated alkanes) is 2. The smallest absolute Gasteiger partial charge is 0.269 e. The first-order valence-corrected chi connectivity index (χ1v) is 23.8.